The lowest BCUT2D eigenvalue weighted by atomic mass is 10.1. The SMILES string of the molecule is C=CC(=O)OC(C)CC(COP(=O)(O)O)[N+](C)(C)C. The van der Waals surface area contributed by atoms with Gasteiger partial charge in [0.1, 0.15) is 18.8 Å². The van der Waals surface area contributed by atoms with Crippen molar-refractivity contribution in [3.05, 3.63) is 12.7 Å². The first-order valence-electron chi connectivity index (χ1n) is 5.80. The van der Waals surface area contributed by atoms with Crippen molar-refractivity contribution in [3.63, 3.8) is 0 Å². The molecule has 7 nitrogen and oxygen atoms in total. The summed E-state index contributed by atoms with van der Waals surface area (Å²) in [5.41, 5.74) is 0. The minimum Gasteiger partial charge on any atom is -0.459 e. The third-order valence-electron chi connectivity index (χ3n) is 2.62. The molecule has 2 atom stereocenters. The Morgan fingerprint density at radius 3 is 2.32 bits per heavy atom. The second kappa shape index (κ2) is 7.17. The lowest BCUT2D eigenvalue weighted by Gasteiger charge is -2.35. The maximum atomic E-state index is 11.1. The number of phosphoric acid groups is 1. The number of rotatable bonds is 8. The van der Waals surface area contributed by atoms with E-state index in [-0.39, 0.29) is 12.6 Å². The van der Waals surface area contributed by atoms with Gasteiger partial charge in [-0.25, -0.2) is 9.36 Å². The molecule has 0 rings (SSSR count). The van der Waals surface area contributed by atoms with E-state index in [1.165, 1.54) is 0 Å². The molecule has 0 amide bonds. The average molecular weight is 296 g/mol. The van der Waals surface area contributed by atoms with Crippen molar-refractivity contribution in [2.24, 2.45) is 0 Å². The molecule has 19 heavy (non-hydrogen) atoms. The van der Waals surface area contributed by atoms with E-state index in [1.54, 1.807) is 6.92 Å². The van der Waals surface area contributed by atoms with Crippen molar-refractivity contribution in [1.82, 2.24) is 0 Å². The Bertz CT molecular complexity index is 359. The highest BCUT2D eigenvalue weighted by atomic mass is 31.2. The van der Waals surface area contributed by atoms with Crippen LogP contribution in [-0.4, -0.2) is 60.1 Å². The van der Waals surface area contributed by atoms with Gasteiger partial charge in [0.05, 0.1) is 21.1 Å². The number of phosphoric ester groups is 1. The van der Waals surface area contributed by atoms with E-state index in [4.69, 9.17) is 14.5 Å². The average Bonchev–Trinajstić information content (AvgIpc) is 2.20. The van der Waals surface area contributed by atoms with Crippen molar-refractivity contribution >= 4 is 13.8 Å². The third kappa shape index (κ3) is 8.91. The van der Waals surface area contributed by atoms with Crippen molar-refractivity contribution in [2.75, 3.05) is 27.7 Å². The summed E-state index contributed by atoms with van der Waals surface area (Å²) in [6, 6.07) is -0.222. The number of carbonyl (C=O) groups excluding carboxylic acids is 1. The van der Waals surface area contributed by atoms with Crippen molar-refractivity contribution in [2.45, 2.75) is 25.5 Å². The van der Waals surface area contributed by atoms with Crippen LogP contribution in [-0.2, 0) is 18.6 Å². The molecule has 0 heterocycles. The number of nitrogens with zero attached hydrogens (tertiary/aromatic N) is 1. The van der Waals surface area contributed by atoms with Crippen LogP contribution in [0.1, 0.15) is 13.3 Å². The van der Waals surface area contributed by atoms with E-state index in [1.807, 2.05) is 21.1 Å². The smallest absolute Gasteiger partial charge is 0.459 e. The summed E-state index contributed by atoms with van der Waals surface area (Å²) in [7, 11) is 1.11. The Balaban J connectivity index is 4.56. The van der Waals surface area contributed by atoms with E-state index in [9.17, 15) is 9.36 Å². The number of esters is 1. The summed E-state index contributed by atoms with van der Waals surface area (Å²) < 4.78 is 20.7. The van der Waals surface area contributed by atoms with E-state index in [0.29, 0.717) is 10.9 Å². The van der Waals surface area contributed by atoms with E-state index in [0.717, 1.165) is 6.08 Å². The van der Waals surface area contributed by atoms with Crippen LogP contribution in [0, 0.1) is 0 Å². The van der Waals surface area contributed by atoms with Crippen LogP contribution in [0.25, 0.3) is 0 Å². The maximum Gasteiger partial charge on any atom is 0.469 e. The normalized spacial score (nSPS) is 15.7. The second-order valence-corrected chi connectivity index (χ2v) is 6.48. The maximum absolute atomic E-state index is 11.1. The molecule has 0 aliphatic heterocycles. The van der Waals surface area contributed by atoms with Crippen molar-refractivity contribution < 1.29 is 32.9 Å². The topological polar surface area (TPSA) is 93.1 Å². The van der Waals surface area contributed by atoms with Gasteiger partial charge in [0.2, 0.25) is 0 Å². The first-order valence-corrected chi connectivity index (χ1v) is 7.33. The Kier molecular flexibility index (Phi) is 6.89. The lowest BCUT2D eigenvalue weighted by molar-refractivity contribution is -0.897. The van der Waals surface area contributed by atoms with Crippen LogP contribution in [0.2, 0.25) is 0 Å². The Morgan fingerprint density at radius 1 is 1.42 bits per heavy atom. The van der Waals surface area contributed by atoms with Gasteiger partial charge < -0.3 is 19.0 Å². The van der Waals surface area contributed by atoms with E-state index < -0.39 is 19.9 Å². The molecule has 0 saturated carbocycles. The first-order chi connectivity index (χ1) is 8.45. The first kappa shape index (κ1) is 18.3. The van der Waals surface area contributed by atoms with Gasteiger partial charge in [-0.2, -0.15) is 0 Å². The number of hydrogen-bond acceptors (Lipinski definition) is 4. The molecule has 0 aromatic rings. The van der Waals surface area contributed by atoms with Crippen molar-refractivity contribution in [3.8, 4) is 0 Å². The van der Waals surface area contributed by atoms with Crippen LogP contribution in [0.5, 0.6) is 0 Å². The number of quaternary nitrogens is 1. The molecule has 0 aliphatic carbocycles. The highest BCUT2D eigenvalue weighted by Crippen LogP contribution is 2.36. The van der Waals surface area contributed by atoms with Gasteiger partial charge in [-0.3, -0.25) is 4.52 Å². The van der Waals surface area contributed by atoms with Crippen molar-refractivity contribution in [1.29, 1.82) is 0 Å². The molecule has 0 saturated heterocycles. The van der Waals surface area contributed by atoms with Gasteiger partial charge in [-0.05, 0) is 6.92 Å². The van der Waals surface area contributed by atoms with Crippen LogP contribution in [0.15, 0.2) is 12.7 Å². The minimum absolute atomic E-state index is 0.121. The number of hydrogen-bond donors (Lipinski definition) is 2. The Morgan fingerprint density at radius 2 is 1.95 bits per heavy atom. The molecule has 112 valence electrons. The highest BCUT2D eigenvalue weighted by molar-refractivity contribution is 7.46. The molecule has 0 bridgehead atoms. The quantitative estimate of drug-likeness (QED) is 0.296. The van der Waals surface area contributed by atoms with Crippen LogP contribution in [0.4, 0.5) is 0 Å². The fourth-order valence-corrected chi connectivity index (χ4v) is 1.83. The summed E-state index contributed by atoms with van der Waals surface area (Å²) in [4.78, 5) is 28.5. The predicted molar refractivity (Wildman–Crippen MR) is 70.2 cm³/mol. The van der Waals surface area contributed by atoms with Gasteiger partial charge in [0.25, 0.3) is 0 Å². The predicted octanol–water partition coefficient (Wildman–Crippen LogP) is 0.678. The summed E-state index contributed by atoms with van der Waals surface area (Å²) in [6.07, 6.45) is 1.10. The molecule has 2 unspecified atom stereocenters. The number of carbonyl (C=O) groups is 1. The van der Waals surface area contributed by atoms with Gasteiger partial charge in [0.15, 0.2) is 0 Å². The largest absolute Gasteiger partial charge is 0.469 e. The molecule has 0 aromatic carbocycles. The number of ether oxygens (including phenoxy) is 1. The summed E-state index contributed by atoms with van der Waals surface area (Å²) in [5, 5.41) is 0. The molecular formula is C11H23NO6P+. The zero-order valence-electron chi connectivity index (χ0n) is 11.8. The minimum atomic E-state index is -4.50. The third-order valence-corrected chi connectivity index (χ3v) is 3.10. The fraction of sp³-hybridized carbons (Fsp3) is 0.727. The zero-order valence-corrected chi connectivity index (χ0v) is 12.7. The van der Waals surface area contributed by atoms with E-state index in [2.05, 4.69) is 11.1 Å². The van der Waals surface area contributed by atoms with Crippen LogP contribution < -0.4 is 0 Å². The summed E-state index contributed by atoms with van der Waals surface area (Å²) >= 11 is 0. The molecule has 0 aliphatic rings. The highest BCUT2D eigenvalue weighted by Gasteiger charge is 2.30. The molecule has 2 N–H and O–H groups in total. The van der Waals surface area contributed by atoms with Gasteiger partial charge in [-0.15, -0.1) is 0 Å². The lowest BCUT2D eigenvalue weighted by Crippen LogP contribution is -2.49. The fourth-order valence-electron chi connectivity index (χ4n) is 1.47. The molecule has 0 spiro atoms. The van der Waals surface area contributed by atoms with Gasteiger partial charge in [-0.1, -0.05) is 6.58 Å². The molecule has 8 heteroatoms. The standard InChI is InChI=1S/C11H22NO6P/c1-6-11(13)18-9(2)7-10(12(3,4)5)8-17-19(14,15)16/h6,9-10H,1,7-8H2,2-5H3,(H-,14,15,16)/p+1. The molecular weight excluding hydrogens is 273 g/mol. The zero-order chi connectivity index (χ0) is 15.3. The second-order valence-electron chi connectivity index (χ2n) is 5.24. The van der Waals surface area contributed by atoms with Gasteiger partial charge in [0, 0.05) is 12.5 Å². The monoisotopic (exact) mass is 296 g/mol. The summed E-state index contributed by atoms with van der Waals surface area (Å²) in [6.45, 7) is 4.89. The Labute approximate surface area is 113 Å². The summed E-state index contributed by atoms with van der Waals surface area (Å²) in [5.74, 6) is -0.524. The van der Waals surface area contributed by atoms with Crippen LogP contribution >= 0.6 is 7.82 Å². The molecule has 0 radical (unpaired) electrons. The number of likely N-dealkylation sites (N-methyl/N-ethyl adjacent to an activating group) is 1. The molecule has 0 fully saturated rings. The molecule has 0 aromatic heterocycles. The van der Waals surface area contributed by atoms with E-state index >= 15 is 0 Å². The van der Waals surface area contributed by atoms with Gasteiger partial charge >= 0.3 is 13.8 Å². The Hall–Kier alpha value is -0.720. The van der Waals surface area contributed by atoms with Crippen LogP contribution in [0.3, 0.4) is 0 Å².